The molecule has 0 bridgehead atoms. The number of carbonyl (C=O) groups is 1. The molecule has 0 saturated carbocycles. The summed E-state index contributed by atoms with van der Waals surface area (Å²) in [4.78, 5) is 20.7. The van der Waals surface area contributed by atoms with Crippen molar-refractivity contribution in [3.8, 4) is 11.5 Å². The van der Waals surface area contributed by atoms with E-state index in [1.807, 2.05) is 6.07 Å². The fourth-order valence-electron chi connectivity index (χ4n) is 4.13. The Labute approximate surface area is 214 Å². The van der Waals surface area contributed by atoms with Gasteiger partial charge in [0.15, 0.2) is 23.1 Å². The van der Waals surface area contributed by atoms with Gasteiger partial charge in [0.05, 0.1) is 42.8 Å². The summed E-state index contributed by atoms with van der Waals surface area (Å²) in [7, 11) is 2.47. The van der Waals surface area contributed by atoms with Crippen LogP contribution in [0.15, 0.2) is 29.9 Å². The van der Waals surface area contributed by atoms with Crippen LogP contribution in [0.4, 0.5) is 8.78 Å². The van der Waals surface area contributed by atoms with Crippen molar-refractivity contribution in [3.63, 3.8) is 0 Å². The number of aromatic nitrogens is 2. The lowest BCUT2D eigenvalue weighted by molar-refractivity contribution is -0.118. The average Bonchev–Trinajstić information content (AvgIpc) is 3.29. The Morgan fingerprint density at radius 2 is 2.06 bits per heavy atom. The van der Waals surface area contributed by atoms with Gasteiger partial charge in [-0.1, -0.05) is 11.6 Å². The molecule has 3 atom stereocenters. The summed E-state index contributed by atoms with van der Waals surface area (Å²) in [5, 5.41) is 13.9. The fraction of sp³-hybridized carbons (Fsp3) is 0.375. The van der Waals surface area contributed by atoms with E-state index in [1.54, 1.807) is 6.20 Å². The van der Waals surface area contributed by atoms with Gasteiger partial charge in [-0.2, -0.15) is 0 Å². The SMILES string of the molecule is COc1cc(OC)c(F)c(C(O)c2nc3cnc(CC4COCCC4NC(=O)C=CCl)cc3s2)c1F. The number of amides is 1. The number of fused-ring (bicyclic) bond motifs is 1. The van der Waals surface area contributed by atoms with Crippen molar-refractivity contribution in [2.45, 2.75) is 25.0 Å². The highest BCUT2D eigenvalue weighted by Crippen LogP contribution is 2.39. The van der Waals surface area contributed by atoms with Crippen LogP contribution in [0.3, 0.4) is 0 Å². The summed E-state index contributed by atoms with van der Waals surface area (Å²) >= 11 is 6.59. The van der Waals surface area contributed by atoms with E-state index in [-0.39, 0.29) is 34.4 Å². The largest absolute Gasteiger partial charge is 0.494 e. The molecule has 8 nitrogen and oxygen atoms in total. The van der Waals surface area contributed by atoms with E-state index in [0.717, 1.165) is 28.6 Å². The highest BCUT2D eigenvalue weighted by Gasteiger charge is 2.30. The Balaban J connectivity index is 1.59. The van der Waals surface area contributed by atoms with Crippen molar-refractivity contribution >= 4 is 39.1 Å². The molecule has 1 amide bonds. The zero-order chi connectivity index (χ0) is 25.8. The zero-order valence-electron chi connectivity index (χ0n) is 19.5. The Kier molecular flexibility index (Phi) is 8.35. The number of aliphatic hydroxyl groups excluding tert-OH is 1. The van der Waals surface area contributed by atoms with Gasteiger partial charge < -0.3 is 24.6 Å². The van der Waals surface area contributed by atoms with Gasteiger partial charge in [0, 0.05) is 41.9 Å². The van der Waals surface area contributed by atoms with E-state index in [9.17, 15) is 18.7 Å². The second-order valence-electron chi connectivity index (χ2n) is 8.16. The van der Waals surface area contributed by atoms with Crippen molar-refractivity contribution in [1.82, 2.24) is 15.3 Å². The van der Waals surface area contributed by atoms with Gasteiger partial charge in [0.2, 0.25) is 5.91 Å². The number of methoxy groups -OCH3 is 2. The molecule has 1 aliphatic heterocycles. The standard InChI is InChI=1S/C24H24ClF2N3O5S/c1-33-16-9-17(34-2)22(27)20(21(16)26)23(32)24-30-15-10-28-13(8-18(15)36-24)7-12-11-35-6-4-14(12)29-19(31)3-5-25/h3,5,8-10,12,14,23,32H,4,6-7,11H2,1-2H3,(H,29,31). The molecule has 2 N–H and O–H groups in total. The molecule has 2 aromatic heterocycles. The Hall–Kier alpha value is -2.86. The molecule has 0 radical (unpaired) electrons. The first-order chi connectivity index (χ1) is 17.4. The van der Waals surface area contributed by atoms with Crippen molar-refractivity contribution in [2.24, 2.45) is 5.92 Å². The molecule has 0 spiro atoms. The smallest absolute Gasteiger partial charge is 0.245 e. The summed E-state index contributed by atoms with van der Waals surface area (Å²) in [5.74, 6) is -2.87. The maximum absolute atomic E-state index is 14.9. The van der Waals surface area contributed by atoms with E-state index in [1.165, 1.54) is 20.3 Å². The second kappa shape index (κ2) is 11.5. The maximum Gasteiger partial charge on any atom is 0.245 e. The molecule has 1 fully saturated rings. The highest BCUT2D eigenvalue weighted by molar-refractivity contribution is 7.18. The van der Waals surface area contributed by atoms with Crippen LogP contribution in [0, 0.1) is 17.6 Å². The van der Waals surface area contributed by atoms with E-state index >= 15 is 0 Å². The van der Waals surface area contributed by atoms with Gasteiger partial charge in [-0.3, -0.25) is 9.78 Å². The minimum absolute atomic E-state index is 0.0122. The molecule has 3 heterocycles. The van der Waals surface area contributed by atoms with Crippen molar-refractivity contribution in [1.29, 1.82) is 0 Å². The van der Waals surface area contributed by atoms with E-state index in [2.05, 4.69) is 15.3 Å². The summed E-state index contributed by atoms with van der Waals surface area (Å²) < 4.78 is 45.9. The molecule has 192 valence electrons. The number of hydrogen-bond acceptors (Lipinski definition) is 8. The number of benzene rings is 1. The van der Waals surface area contributed by atoms with Crippen LogP contribution in [0.5, 0.6) is 11.5 Å². The fourth-order valence-corrected chi connectivity index (χ4v) is 5.24. The normalized spacial score (nSPS) is 18.9. The third-order valence-corrected chi connectivity index (χ3v) is 7.15. The van der Waals surface area contributed by atoms with Crippen LogP contribution in [-0.2, 0) is 16.0 Å². The number of carbonyl (C=O) groups excluding carboxylic acids is 1. The van der Waals surface area contributed by atoms with Crippen LogP contribution in [0.1, 0.15) is 28.8 Å². The molecular weight excluding hydrogens is 516 g/mol. The van der Waals surface area contributed by atoms with E-state index in [0.29, 0.717) is 36.3 Å². The molecule has 1 aliphatic rings. The minimum Gasteiger partial charge on any atom is -0.494 e. The lowest BCUT2D eigenvalue weighted by atomic mass is 9.91. The van der Waals surface area contributed by atoms with Crippen molar-refractivity contribution in [2.75, 3.05) is 27.4 Å². The predicted octanol–water partition coefficient (Wildman–Crippen LogP) is 3.88. The summed E-state index contributed by atoms with van der Waals surface area (Å²) in [6.45, 7) is 0.995. The zero-order valence-corrected chi connectivity index (χ0v) is 21.0. The molecule has 1 saturated heterocycles. The number of pyridine rings is 1. The average molecular weight is 540 g/mol. The Bertz CT molecular complexity index is 1260. The van der Waals surface area contributed by atoms with Crippen LogP contribution < -0.4 is 14.8 Å². The van der Waals surface area contributed by atoms with Gasteiger partial charge in [-0.15, -0.1) is 11.3 Å². The van der Waals surface area contributed by atoms with Crippen LogP contribution in [0.2, 0.25) is 0 Å². The number of thiazole rings is 1. The van der Waals surface area contributed by atoms with Crippen LogP contribution in [-0.4, -0.2) is 54.5 Å². The molecule has 3 unspecified atom stereocenters. The molecule has 3 aromatic rings. The Morgan fingerprint density at radius 3 is 2.72 bits per heavy atom. The summed E-state index contributed by atoms with van der Waals surface area (Å²) in [5.41, 5.74) is 1.76. The molecule has 0 aliphatic carbocycles. The number of hydrogen-bond donors (Lipinski definition) is 2. The van der Waals surface area contributed by atoms with Gasteiger partial charge in [0.25, 0.3) is 0 Å². The number of halogens is 3. The first-order valence-corrected chi connectivity index (χ1v) is 12.3. The third kappa shape index (κ3) is 5.44. The van der Waals surface area contributed by atoms with Gasteiger partial charge in [-0.25, -0.2) is 13.8 Å². The van der Waals surface area contributed by atoms with Gasteiger partial charge >= 0.3 is 0 Å². The third-order valence-electron chi connectivity index (χ3n) is 5.95. The van der Waals surface area contributed by atoms with Crippen molar-refractivity contribution < 1.29 is 32.9 Å². The Morgan fingerprint density at radius 1 is 1.33 bits per heavy atom. The molecule has 36 heavy (non-hydrogen) atoms. The predicted molar refractivity (Wildman–Crippen MR) is 130 cm³/mol. The molecular formula is C24H24ClF2N3O5S. The lowest BCUT2D eigenvalue weighted by Crippen LogP contribution is -2.45. The number of aliphatic hydroxyl groups is 1. The quantitative estimate of drug-likeness (QED) is 0.419. The number of nitrogens with zero attached hydrogens (tertiary/aromatic N) is 2. The first kappa shape index (κ1) is 26.2. The van der Waals surface area contributed by atoms with Crippen molar-refractivity contribution in [3.05, 3.63) is 57.8 Å². The summed E-state index contributed by atoms with van der Waals surface area (Å²) in [6.07, 6.45) is 2.30. The maximum atomic E-state index is 14.9. The first-order valence-electron chi connectivity index (χ1n) is 11.0. The monoisotopic (exact) mass is 539 g/mol. The minimum atomic E-state index is -1.68. The van der Waals surface area contributed by atoms with Gasteiger partial charge in [-0.05, 0) is 18.9 Å². The van der Waals surface area contributed by atoms with E-state index < -0.39 is 23.3 Å². The van der Waals surface area contributed by atoms with E-state index in [4.69, 9.17) is 25.8 Å². The molecule has 4 rings (SSSR count). The highest BCUT2D eigenvalue weighted by atomic mass is 35.5. The second-order valence-corrected chi connectivity index (χ2v) is 9.47. The van der Waals surface area contributed by atoms with Crippen LogP contribution in [0.25, 0.3) is 10.2 Å². The number of ether oxygens (including phenoxy) is 3. The lowest BCUT2D eigenvalue weighted by Gasteiger charge is -2.31. The topological polar surface area (TPSA) is 103 Å². The van der Waals surface area contributed by atoms with Crippen LogP contribution >= 0.6 is 22.9 Å². The molecule has 1 aromatic carbocycles. The molecule has 12 heteroatoms. The number of nitrogens with one attached hydrogen (secondary N) is 1. The summed E-state index contributed by atoms with van der Waals surface area (Å²) in [6, 6.07) is 2.78. The van der Waals surface area contributed by atoms with Gasteiger partial charge in [0.1, 0.15) is 11.1 Å². The number of rotatable bonds is 8.